The van der Waals surface area contributed by atoms with Crippen LogP contribution in [0, 0.1) is 5.92 Å². The predicted octanol–water partition coefficient (Wildman–Crippen LogP) is 3.04. The Kier molecular flexibility index (Phi) is 4.65. The molecule has 6 heteroatoms. The first-order valence-corrected chi connectivity index (χ1v) is 11.0. The van der Waals surface area contributed by atoms with Crippen LogP contribution in [0.1, 0.15) is 49.4 Å². The number of hydrogen-bond donors (Lipinski definition) is 0. The van der Waals surface area contributed by atoms with Crippen molar-refractivity contribution in [2.75, 3.05) is 19.6 Å². The van der Waals surface area contributed by atoms with Crippen molar-refractivity contribution in [2.24, 2.45) is 5.92 Å². The summed E-state index contributed by atoms with van der Waals surface area (Å²) in [6.07, 6.45) is 7.28. The molecule has 0 spiro atoms. The number of nitrogens with zero attached hydrogens (tertiary/aromatic N) is 2. The van der Waals surface area contributed by atoms with E-state index in [1.54, 1.807) is 24.3 Å². The van der Waals surface area contributed by atoms with Gasteiger partial charge >= 0.3 is 0 Å². The third kappa shape index (κ3) is 3.21. The minimum absolute atomic E-state index is 0.0224. The van der Waals surface area contributed by atoms with Crippen molar-refractivity contribution in [2.45, 2.75) is 50.0 Å². The molecule has 1 aliphatic carbocycles. The highest BCUT2D eigenvalue weighted by atomic mass is 32.2. The summed E-state index contributed by atoms with van der Waals surface area (Å²) >= 11 is 0. The van der Waals surface area contributed by atoms with Crippen LogP contribution in [0.25, 0.3) is 0 Å². The van der Waals surface area contributed by atoms with Crippen LogP contribution in [0.5, 0.6) is 0 Å². The van der Waals surface area contributed by atoms with Gasteiger partial charge in [0, 0.05) is 31.2 Å². The third-order valence-corrected chi connectivity index (χ3v) is 7.89. The van der Waals surface area contributed by atoms with Crippen molar-refractivity contribution < 1.29 is 13.2 Å². The lowest BCUT2D eigenvalue weighted by Crippen LogP contribution is -2.36. The van der Waals surface area contributed by atoms with Crippen molar-refractivity contribution in [1.82, 2.24) is 9.21 Å². The number of rotatable bonds is 3. The standard InChI is InChI=1S/C20H26N2O3S/c1-15-8-10-21(11-9-15)26(24,25)19-7-3-5-17(13-19)20(23)22-14-16-4-2-6-18(22)12-16/h3,5,7-8,13,16,18H,2,4,6,9-12,14H2,1H3/t16-,18+/m1/s1. The van der Waals surface area contributed by atoms with E-state index in [4.69, 9.17) is 0 Å². The normalized spacial score (nSPS) is 26.7. The molecule has 26 heavy (non-hydrogen) atoms. The molecule has 2 heterocycles. The summed E-state index contributed by atoms with van der Waals surface area (Å²) in [7, 11) is -3.56. The second-order valence-electron chi connectivity index (χ2n) is 7.84. The monoisotopic (exact) mass is 374 g/mol. The Morgan fingerprint density at radius 2 is 2.08 bits per heavy atom. The molecule has 0 radical (unpaired) electrons. The molecule has 5 nitrogen and oxygen atoms in total. The van der Waals surface area contributed by atoms with Gasteiger partial charge in [0.1, 0.15) is 0 Å². The summed E-state index contributed by atoms with van der Waals surface area (Å²) in [4.78, 5) is 15.2. The van der Waals surface area contributed by atoms with Crippen molar-refractivity contribution >= 4 is 15.9 Å². The molecular formula is C20H26N2O3S. The Bertz CT molecular complexity index is 846. The SMILES string of the molecule is CC1=CCN(S(=O)(=O)c2cccc(C(=O)N3C[C@@H]4CCC[C@H]3C4)c2)CC1. The van der Waals surface area contributed by atoms with Crippen molar-refractivity contribution in [1.29, 1.82) is 0 Å². The van der Waals surface area contributed by atoms with Crippen LogP contribution in [0.15, 0.2) is 40.8 Å². The van der Waals surface area contributed by atoms with Gasteiger partial charge < -0.3 is 4.90 Å². The van der Waals surface area contributed by atoms with E-state index in [9.17, 15) is 13.2 Å². The molecule has 1 saturated carbocycles. The average Bonchev–Trinajstić information content (AvgIpc) is 2.95. The first-order chi connectivity index (χ1) is 12.4. The van der Waals surface area contributed by atoms with E-state index in [0.29, 0.717) is 30.6 Å². The number of sulfonamides is 1. The fraction of sp³-hybridized carbons (Fsp3) is 0.550. The van der Waals surface area contributed by atoms with Gasteiger partial charge in [0.2, 0.25) is 10.0 Å². The summed E-state index contributed by atoms with van der Waals surface area (Å²) in [6.45, 7) is 3.74. The molecule has 2 bridgehead atoms. The first-order valence-electron chi connectivity index (χ1n) is 9.52. The summed E-state index contributed by atoms with van der Waals surface area (Å²) in [5.74, 6) is 0.596. The van der Waals surface area contributed by atoms with E-state index in [1.807, 2.05) is 17.9 Å². The van der Waals surface area contributed by atoms with Crippen LogP contribution in [-0.2, 0) is 10.0 Å². The van der Waals surface area contributed by atoms with E-state index in [2.05, 4.69) is 0 Å². The van der Waals surface area contributed by atoms with Gasteiger partial charge in [-0.2, -0.15) is 4.31 Å². The number of carbonyl (C=O) groups excluding carboxylic acids is 1. The lowest BCUT2D eigenvalue weighted by atomic mass is 9.90. The molecule has 1 saturated heterocycles. The molecule has 2 aliphatic heterocycles. The van der Waals surface area contributed by atoms with Gasteiger partial charge in [-0.15, -0.1) is 0 Å². The Hall–Kier alpha value is -1.66. The Labute approximate surface area is 155 Å². The highest BCUT2D eigenvalue weighted by Crippen LogP contribution is 2.36. The fourth-order valence-electron chi connectivity index (χ4n) is 4.46. The molecule has 4 rings (SSSR count). The first kappa shape index (κ1) is 17.7. The fourth-order valence-corrected chi connectivity index (χ4v) is 5.89. The van der Waals surface area contributed by atoms with Gasteiger partial charge in [-0.1, -0.05) is 24.1 Å². The Morgan fingerprint density at radius 1 is 1.23 bits per heavy atom. The van der Waals surface area contributed by atoms with Gasteiger partial charge in [-0.05, 0) is 56.7 Å². The quantitative estimate of drug-likeness (QED) is 0.764. The Balaban J connectivity index is 1.58. The minimum atomic E-state index is -3.56. The second kappa shape index (κ2) is 6.82. The van der Waals surface area contributed by atoms with Gasteiger partial charge in [0.05, 0.1) is 4.90 Å². The lowest BCUT2D eigenvalue weighted by molar-refractivity contribution is 0.0733. The number of fused-ring (bicyclic) bond motifs is 2. The number of amides is 1. The average molecular weight is 375 g/mol. The van der Waals surface area contributed by atoms with Crippen LogP contribution >= 0.6 is 0 Å². The molecule has 1 amide bonds. The van der Waals surface area contributed by atoms with Crippen LogP contribution in [0.3, 0.4) is 0 Å². The van der Waals surface area contributed by atoms with Gasteiger partial charge in [0.25, 0.3) is 5.91 Å². The predicted molar refractivity (Wildman–Crippen MR) is 100 cm³/mol. The number of benzene rings is 1. The largest absolute Gasteiger partial charge is 0.335 e. The zero-order chi connectivity index (χ0) is 18.3. The van der Waals surface area contributed by atoms with Gasteiger partial charge in [-0.3, -0.25) is 4.79 Å². The van der Waals surface area contributed by atoms with E-state index in [-0.39, 0.29) is 10.8 Å². The molecule has 2 fully saturated rings. The van der Waals surface area contributed by atoms with Crippen LogP contribution in [0.2, 0.25) is 0 Å². The molecule has 140 valence electrons. The zero-order valence-electron chi connectivity index (χ0n) is 15.2. The second-order valence-corrected chi connectivity index (χ2v) is 9.77. The molecular weight excluding hydrogens is 348 g/mol. The van der Waals surface area contributed by atoms with Gasteiger partial charge in [0.15, 0.2) is 0 Å². The van der Waals surface area contributed by atoms with Crippen LogP contribution in [-0.4, -0.2) is 49.2 Å². The smallest absolute Gasteiger partial charge is 0.254 e. The molecule has 0 unspecified atom stereocenters. The molecule has 1 aromatic rings. The number of hydrogen-bond acceptors (Lipinski definition) is 3. The lowest BCUT2D eigenvalue weighted by Gasteiger charge is -2.26. The topological polar surface area (TPSA) is 57.7 Å². The van der Waals surface area contributed by atoms with Gasteiger partial charge in [-0.25, -0.2) is 8.42 Å². The highest BCUT2D eigenvalue weighted by Gasteiger charge is 2.38. The third-order valence-electron chi connectivity index (χ3n) is 6.03. The van der Waals surface area contributed by atoms with Crippen LogP contribution < -0.4 is 0 Å². The summed E-state index contributed by atoms with van der Waals surface area (Å²) in [5.41, 5.74) is 1.71. The van der Waals surface area contributed by atoms with Crippen molar-refractivity contribution in [3.05, 3.63) is 41.5 Å². The van der Waals surface area contributed by atoms with Crippen molar-refractivity contribution in [3.8, 4) is 0 Å². The van der Waals surface area contributed by atoms with E-state index in [1.165, 1.54) is 22.7 Å². The maximum Gasteiger partial charge on any atom is 0.254 e. The van der Waals surface area contributed by atoms with Crippen molar-refractivity contribution in [3.63, 3.8) is 0 Å². The van der Waals surface area contributed by atoms with Crippen LogP contribution in [0.4, 0.5) is 0 Å². The number of carbonyl (C=O) groups is 1. The minimum Gasteiger partial charge on any atom is -0.335 e. The molecule has 3 aliphatic rings. The molecule has 2 atom stereocenters. The Morgan fingerprint density at radius 3 is 2.81 bits per heavy atom. The molecule has 0 aromatic heterocycles. The number of likely N-dealkylation sites (tertiary alicyclic amines) is 1. The van der Waals surface area contributed by atoms with E-state index >= 15 is 0 Å². The maximum atomic E-state index is 13.0. The summed E-state index contributed by atoms with van der Waals surface area (Å²) < 4.78 is 27.4. The maximum absolute atomic E-state index is 13.0. The molecule has 0 N–H and O–H groups in total. The highest BCUT2D eigenvalue weighted by molar-refractivity contribution is 7.89. The van der Waals surface area contributed by atoms with E-state index in [0.717, 1.165) is 25.8 Å². The summed E-state index contributed by atoms with van der Waals surface area (Å²) in [5, 5.41) is 0. The summed E-state index contributed by atoms with van der Waals surface area (Å²) in [6, 6.07) is 6.92. The molecule has 1 aromatic carbocycles. The van der Waals surface area contributed by atoms with E-state index < -0.39 is 10.0 Å². The zero-order valence-corrected chi connectivity index (χ0v) is 16.0.